The number of carbonyl (C=O) groups excluding carboxylic acids is 1. The van der Waals surface area contributed by atoms with E-state index in [2.05, 4.69) is 6.92 Å². The number of thiophene rings is 1. The second-order valence-corrected chi connectivity index (χ2v) is 5.43. The number of hydrogen-bond acceptors (Lipinski definition) is 3. The van der Waals surface area contributed by atoms with Crippen molar-refractivity contribution in [1.29, 1.82) is 0 Å². The Bertz CT molecular complexity index is 381. The Morgan fingerprint density at radius 1 is 1.56 bits per heavy atom. The Balaban J connectivity index is 2.15. The molecule has 0 bridgehead atoms. The van der Waals surface area contributed by atoms with Crippen LogP contribution >= 0.6 is 11.3 Å². The molecule has 88 valence electrons. The summed E-state index contributed by atoms with van der Waals surface area (Å²) < 4.78 is 5.03. The summed E-state index contributed by atoms with van der Waals surface area (Å²) in [5.74, 6) is 0.645. The molecular formula is C13H18O2S. The van der Waals surface area contributed by atoms with Gasteiger partial charge in [-0.15, -0.1) is 11.3 Å². The third-order valence-electron chi connectivity index (χ3n) is 3.24. The molecule has 0 radical (unpaired) electrons. The van der Waals surface area contributed by atoms with E-state index in [9.17, 15) is 4.79 Å². The molecule has 1 aliphatic rings. The minimum Gasteiger partial charge on any atom is -0.462 e. The summed E-state index contributed by atoms with van der Waals surface area (Å²) in [6.45, 7) is 4.55. The lowest BCUT2D eigenvalue weighted by Crippen LogP contribution is -2.10. The molecule has 1 aromatic heterocycles. The molecule has 0 aromatic carbocycles. The fraction of sp³-hybridized carbons (Fsp3) is 0.615. The minimum absolute atomic E-state index is 0.157. The van der Waals surface area contributed by atoms with Gasteiger partial charge in [-0.1, -0.05) is 13.3 Å². The maximum Gasteiger partial charge on any atom is 0.348 e. The Hall–Kier alpha value is -0.830. The van der Waals surface area contributed by atoms with E-state index in [4.69, 9.17) is 4.74 Å². The molecule has 0 aliphatic heterocycles. The van der Waals surface area contributed by atoms with Gasteiger partial charge in [0.15, 0.2) is 0 Å². The molecule has 0 saturated carbocycles. The molecule has 0 N–H and O–H groups in total. The van der Waals surface area contributed by atoms with Gasteiger partial charge in [-0.2, -0.15) is 0 Å². The van der Waals surface area contributed by atoms with Gasteiger partial charge in [0.2, 0.25) is 0 Å². The third-order valence-corrected chi connectivity index (χ3v) is 4.46. The van der Waals surface area contributed by atoms with E-state index < -0.39 is 0 Å². The highest BCUT2D eigenvalue weighted by molar-refractivity contribution is 7.14. The van der Waals surface area contributed by atoms with Crippen LogP contribution in [0.3, 0.4) is 0 Å². The Morgan fingerprint density at radius 3 is 3.06 bits per heavy atom. The summed E-state index contributed by atoms with van der Waals surface area (Å²) in [5, 5.41) is 0. The van der Waals surface area contributed by atoms with Crippen molar-refractivity contribution in [3.05, 3.63) is 21.4 Å². The van der Waals surface area contributed by atoms with Gasteiger partial charge in [-0.25, -0.2) is 4.79 Å². The Kier molecular flexibility index (Phi) is 3.64. The third kappa shape index (κ3) is 2.29. The average Bonchev–Trinajstić information content (AvgIpc) is 2.71. The number of aryl methyl sites for hydroxylation is 1. The Morgan fingerprint density at radius 2 is 2.38 bits per heavy atom. The number of esters is 1. The lowest BCUT2D eigenvalue weighted by molar-refractivity contribution is 0.0532. The summed E-state index contributed by atoms with van der Waals surface area (Å²) in [7, 11) is 0. The lowest BCUT2D eigenvalue weighted by Gasteiger charge is -2.19. The van der Waals surface area contributed by atoms with E-state index in [1.807, 2.05) is 13.0 Å². The highest BCUT2D eigenvalue weighted by atomic mass is 32.1. The van der Waals surface area contributed by atoms with E-state index in [0.29, 0.717) is 6.61 Å². The van der Waals surface area contributed by atoms with Crippen LogP contribution in [0.2, 0.25) is 0 Å². The van der Waals surface area contributed by atoms with E-state index in [0.717, 1.165) is 23.6 Å². The zero-order chi connectivity index (χ0) is 11.5. The fourth-order valence-electron chi connectivity index (χ4n) is 2.25. The molecule has 1 heterocycles. The van der Waals surface area contributed by atoms with Gasteiger partial charge < -0.3 is 4.74 Å². The first-order chi connectivity index (χ1) is 7.74. The predicted octanol–water partition coefficient (Wildman–Crippen LogP) is 3.44. The molecule has 1 unspecified atom stereocenters. The van der Waals surface area contributed by atoms with Crippen LogP contribution in [0.5, 0.6) is 0 Å². The topological polar surface area (TPSA) is 26.3 Å². The van der Waals surface area contributed by atoms with Crippen LogP contribution < -0.4 is 0 Å². The van der Waals surface area contributed by atoms with E-state index in [1.165, 1.54) is 23.3 Å². The van der Waals surface area contributed by atoms with Crippen LogP contribution in [0.4, 0.5) is 0 Å². The zero-order valence-electron chi connectivity index (χ0n) is 9.91. The van der Waals surface area contributed by atoms with Gasteiger partial charge in [0.1, 0.15) is 4.88 Å². The highest BCUT2D eigenvalue weighted by Gasteiger charge is 2.22. The van der Waals surface area contributed by atoms with Crippen molar-refractivity contribution in [2.45, 2.75) is 39.5 Å². The van der Waals surface area contributed by atoms with Crippen molar-refractivity contribution in [2.75, 3.05) is 6.61 Å². The average molecular weight is 238 g/mol. The highest BCUT2D eigenvalue weighted by Crippen LogP contribution is 2.33. The minimum atomic E-state index is -0.157. The molecule has 1 atom stereocenters. The molecule has 1 aliphatic carbocycles. The molecule has 2 nitrogen and oxygen atoms in total. The van der Waals surface area contributed by atoms with Crippen LogP contribution in [0.1, 0.15) is 46.8 Å². The SMILES string of the molecule is CCOC(=O)c1cc2c(s1)CCC(CC)C2. The van der Waals surface area contributed by atoms with Gasteiger partial charge in [0.05, 0.1) is 6.61 Å². The molecule has 2 rings (SSSR count). The van der Waals surface area contributed by atoms with E-state index in [-0.39, 0.29) is 5.97 Å². The summed E-state index contributed by atoms with van der Waals surface area (Å²) in [6.07, 6.45) is 4.79. The monoisotopic (exact) mass is 238 g/mol. The first-order valence-corrected chi connectivity index (χ1v) is 6.85. The van der Waals surface area contributed by atoms with Crippen molar-refractivity contribution in [3.63, 3.8) is 0 Å². The second kappa shape index (κ2) is 5.00. The summed E-state index contributed by atoms with van der Waals surface area (Å²) in [4.78, 5) is 13.8. The smallest absolute Gasteiger partial charge is 0.348 e. The van der Waals surface area contributed by atoms with E-state index >= 15 is 0 Å². The zero-order valence-corrected chi connectivity index (χ0v) is 10.7. The second-order valence-electron chi connectivity index (χ2n) is 4.30. The van der Waals surface area contributed by atoms with Crippen molar-refractivity contribution in [3.8, 4) is 0 Å². The van der Waals surface area contributed by atoms with Gasteiger partial charge in [0.25, 0.3) is 0 Å². The molecule has 0 amide bonds. The number of fused-ring (bicyclic) bond motifs is 1. The number of rotatable bonds is 3. The maximum atomic E-state index is 11.6. The predicted molar refractivity (Wildman–Crippen MR) is 66.1 cm³/mol. The standard InChI is InChI=1S/C13H18O2S/c1-3-9-5-6-11-10(7-9)8-12(16-11)13(14)15-4-2/h8-9H,3-7H2,1-2H3. The van der Waals surface area contributed by atoms with Crippen molar-refractivity contribution >= 4 is 17.3 Å². The fourth-order valence-corrected chi connectivity index (χ4v) is 3.35. The van der Waals surface area contributed by atoms with Gasteiger partial charge in [0, 0.05) is 4.88 Å². The molecular weight excluding hydrogens is 220 g/mol. The van der Waals surface area contributed by atoms with Crippen molar-refractivity contribution in [1.82, 2.24) is 0 Å². The van der Waals surface area contributed by atoms with Crippen LogP contribution in [0, 0.1) is 5.92 Å². The normalized spacial score (nSPS) is 19.2. The van der Waals surface area contributed by atoms with Crippen LogP contribution in [-0.4, -0.2) is 12.6 Å². The van der Waals surface area contributed by atoms with Gasteiger partial charge in [-0.3, -0.25) is 0 Å². The van der Waals surface area contributed by atoms with E-state index in [1.54, 1.807) is 11.3 Å². The molecule has 3 heteroatoms. The first-order valence-electron chi connectivity index (χ1n) is 6.03. The lowest BCUT2D eigenvalue weighted by atomic mass is 9.87. The van der Waals surface area contributed by atoms with Gasteiger partial charge >= 0.3 is 5.97 Å². The van der Waals surface area contributed by atoms with Crippen molar-refractivity contribution in [2.24, 2.45) is 5.92 Å². The van der Waals surface area contributed by atoms with Crippen LogP contribution in [0.25, 0.3) is 0 Å². The molecule has 0 saturated heterocycles. The Labute approximate surface area is 101 Å². The number of ether oxygens (including phenoxy) is 1. The number of hydrogen-bond donors (Lipinski definition) is 0. The van der Waals surface area contributed by atoms with Crippen LogP contribution in [-0.2, 0) is 17.6 Å². The molecule has 1 aromatic rings. The molecule has 16 heavy (non-hydrogen) atoms. The molecule has 0 spiro atoms. The largest absolute Gasteiger partial charge is 0.462 e. The number of carbonyl (C=O) groups is 1. The summed E-state index contributed by atoms with van der Waals surface area (Å²) >= 11 is 1.62. The van der Waals surface area contributed by atoms with Crippen LogP contribution in [0.15, 0.2) is 6.07 Å². The van der Waals surface area contributed by atoms with Crippen molar-refractivity contribution < 1.29 is 9.53 Å². The maximum absolute atomic E-state index is 11.6. The summed E-state index contributed by atoms with van der Waals surface area (Å²) in [6, 6.07) is 2.04. The van der Waals surface area contributed by atoms with Gasteiger partial charge in [-0.05, 0) is 43.7 Å². The summed E-state index contributed by atoms with van der Waals surface area (Å²) in [5.41, 5.74) is 1.38. The quantitative estimate of drug-likeness (QED) is 0.754. The first kappa shape index (κ1) is 11.6. The molecule has 0 fully saturated rings.